The Morgan fingerprint density at radius 1 is 1.12 bits per heavy atom. The van der Waals surface area contributed by atoms with Gasteiger partial charge in [0, 0.05) is 6.08 Å². The summed E-state index contributed by atoms with van der Waals surface area (Å²) in [5, 5.41) is 0. The molecule has 0 bridgehead atoms. The van der Waals surface area contributed by atoms with E-state index in [-0.39, 0.29) is 11.4 Å². The molecule has 2 aliphatic rings. The van der Waals surface area contributed by atoms with Gasteiger partial charge in [-0.05, 0) is 24.6 Å². The predicted molar refractivity (Wildman–Crippen MR) is 99.9 cm³/mol. The molecule has 4 rings (SSSR count). The Morgan fingerprint density at radius 3 is 2.50 bits per heavy atom. The first kappa shape index (κ1) is 17.1. The van der Waals surface area contributed by atoms with Crippen molar-refractivity contribution in [2.24, 2.45) is 0 Å². The van der Waals surface area contributed by atoms with Gasteiger partial charge < -0.3 is 4.74 Å². The van der Waals surface area contributed by atoms with Gasteiger partial charge in [0.2, 0.25) is 10.0 Å². The molecule has 0 N–H and O–H groups in total. The molecule has 2 aromatic carbocycles. The number of rotatable bonds is 3. The molecule has 0 saturated carbocycles. The van der Waals surface area contributed by atoms with Crippen molar-refractivity contribution < 1.29 is 13.2 Å². The lowest BCUT2D eigenvalue weighted by atomic mass is 9.86. The Balaban J connectivity index is 1.85. The Morgan fingerprint density at radius 2 is 1.85 bits per heavy atom. The summed E-state index contributed by atoms with van der Waals surface area (Å²) in [6.45, 7) is 2.64. The summed E-state index contributed by atoms with van der Waals surface area (Å²) in [4.78, 5) is 0.288. The van der Waals surface area contributed by atoms with Gasteiger partial charge in [-0.15, -0.1) is 0 Å². The average Bonchev–Trinajstić information content (AvgIpc) is 3.11. The first-order chi connectivity index (χ1) is 12.5. The molecule has 0 aliphatic carbocycles. The minimum Gasteiger partial charge on any atom is -0.318 e. The Labute approximate surface area is 154 Å². The van der Waals surface area contributed by atoms with E-state index in [0.29, 0.717) is 6.61 Å². The highest BCUT2D eigenvalue weighted by Crippen LogP contribution is 2.43. The maximum Gasteiger partial charge on any atom is 0.325 e. The van der Waals surface area contributed by atoms with Crippen LogP contribution in [0.25, 0.3) is 0 Å². The molecular weight excluding hydrogens is 346 g/mol. The number of hydrogen-bond acceptors (Lipinski definition) is 3. The fourth-order valence-electron chi connectivity index (χ4n) is 3.54. The summed E-state index contributed by atoms with van der Waals surface area (Å²) in [5.74, 6) is 0. The molecule has 5 heteroatoms. The summed E-state index contributed by atoms with van der Waals surface area (Å²) in [5.41, 5.74) is 1.02. The monoisotopic (exact) mass is 366 g/mol. The van der Waals surface area contributed by atoms with Crippen LogP contribution in [0.4, 0.5) is 0 Å². The molecule has 4 nitrogen and oxygen atoms in total. The maximum absolute atomic E-state index is 13.4. The molecule has 2 heterocycles. The zero-order chi connectivity index (χ0) is 18.2. The SMILES string of the molecule is Cc1ccc(S(=O)(=O)N2CC=[C+][C@]3(C=CCO3)[C@@H]2c2ccccc2)cc1. The Bertz CT molecular complexity index is 949. The van der Waals surface area contributed by atoms with Gasteiger partial charge in [0.1, 0.15) is 6.04 Å². The molecular formula is C21H20NO3S+. The predicted octanol–water partition coefficient (Wildman–Crippen LogP) is 3.43. The lowest BCUT2D eigenvalue weighted by Crippen LogP contribution is -2.50. The molecule has 132 valence electrons. The third-order valence-electron chi connectivity index (χ3n) is 4.82. The summed E-state index contributed by atoms with van der Waals surface area (Å²) >= 11 is 0. The van der Waals surface area contributed by atoms with E-state index in [1.54, 1.807) is 18.2 Å². The Hall–Kier alpha value is -2.30. The zero-order valence-corrected chi connectivity index (χ0v) is 15.3. The molecule has 26 heavy (non-hydrogen) atoms. The maximum atomic E-state index is 13.4. The summed E-state index contributed by atoms with van der Waals surface area (Å²) < 4.78 is 34.3. The third kappa shape index (κ3) is 2.79. The van der Waals surface area contributed by atoms with E-state index in [9.17, 15) is 8.42 Å². The van der Waals surface area contributed by atoms with E-state index in [4.69, 9.17) is 4.74 Å². The minimum absolute atomic E-state index is 0.259. The van der Waals surface area contributed by atoms with E-state index in [1.807, 2.05) is 61.5 Å². The highest BCUT2D eigenvalue weighted by Gasteiger charge is 2.57. The van der Waals surface area contributed by atoms with Crippen molar-refractivity contribution >= 4 is 10.0 Å². The summed E-state index contributed by atoms with van der Waals surface area (Å²) in [6.07, 6.45) is 8.85. The van der Waals surface area contributed by atoms with Crippen LogP contribution in [0.1, 0.15) is 17.2 Å². The molecule has 2 aliphatic heterocycles. The lowest BCUT2D eigenvalue weighted by molar-refractivity contribution is -0.00120. The normalized spacial score (nSPS) is 25.5. The Kier molecular flexibility index (Phi) is 4.25. The van der Waals surface area contributed by atoms with Gasteiger partial charge in [-0.3, -0.25) is 0 Å². The largest absolute Gasteiger partial charge is 0.325 e. The van der Waals surface area contributed by atoms with Gasteiger partial charge in [0.05, 0.1) is 18.0 Å². The fraction of sp³-hybridized carbons (Fsp3) is 0.238. The second kappa shape index (κ2) is 6.45. The highest BCUT2D eigenvalue weighted by molar-refractivity contribution is 7.89. The van der Waals surface area contributed by atoms with Gasteiger partial charge in [-0.1, -0.05) is 54.1 Å². The number of aryl methyl sites for hydroxylation is 1. The van der Waals surface area contributed by atoms with Crippen molar-refractivity contribution in [3.63, 3.8) is 0 Å². The lowest BCUT2D eigenvalue weighted by Gasteiger charge is -2.35. The summed E-state index contributed by atoms with van der Waals surface area (Å²) in [7, 11) is -3.69. The first-order valence-corrected chi connectivity index (χ1v) is 10.0. The van der Waals surface area contributed by atoms with Crippen LogP contribution in [-0.4, -0.2) is 31.5 Å². The van der Waals surface area contributed by atoms with Gasteiger partial charge in [0.15, 0.2) is 6.08 Å². The van der Waals surface area contributed by atoms with Crippen LogP contribution in [0.5, 0.6) is 0 Å². The molecule has 0 radical (unpaired) electrons. The van der Waals surface area contributed by atoms with Crippen molar-refractivity contribution in [3.8, 4) is 0 Å². The van der Waals surface area contributed by atoms with Crippen molar-refractivity contribution in [1.82, 2.24) is 4.31 Å². The highest BCUT2D eigenvalue weighted by atomic mass is 32.2. The van der Waals surface area contributed by atoms with Crippen LogP contribution >= 0.6 is 0 Å². The fourth-order valence-corrected chi connectivity index (χ4v) is 5.12. The molecule has 1 spiro atoms. The first-order valence-electron chi connectivity index (χ1n) is 8.57. The van der Waals surface area contributed by atoms with Crippen LogP contribution in [0.15, 0.2) is 77.7 Å². The van der Waals surface area contributed by atoms with Crippen molar-refractivity contribution in [2.45, 2.75) is 23.5 Å². The molecule has 0 aromatic heterocycles. The quantitative estimate of drug-likeness (QED) is 0.618. The molecule has 2 atom stereocenters. The smallest absolute Gasteiger partial charge is 0.318 e. The van der Waals surface area contributed by atoms with E-state index >= 15 is 0 Å². The van der Waals surface area contributed by atoms with Gasteiger partial charge in [-0.25, -0.2) is 8.42 Å². The van der Waals surface area contributed by atoms with Crippen molar-refractivity contribution in [2.75, 3.05) is 13.2 Å². The molecule has 0 saturated heterocycles. The van der Waals surface area contributed by atoms with Crippen LogP contribution in [-0.2, 0) is 14.8 Å². The third-order valence-corrected chi connectivity index (χ3v) is 6.67. The van der Waals surface area contributed by atoms with E-state index in [2.05, 4.69) is 6.08 Å². The van der Waals surface area contributed by atoms with E-state index in [0.717, 1.165) is 11.1 Å². The molecule has 2 aromatic rings. The topological polar surface area (TPSA) is 46.6 Å². The van der Waals surface area contributed by atoms with E-state index < -0.39 is 21.7 Å². The minimum atomic E-state index is -3.69. The second-order valence-corrected chi connectivity index (χ2v) is 8.45. The zero-order valence-electron chi connectivity index (χ0n) is 14.5. The van der Waals surface area contributed by atoms with Gasteiger partial charge >= 0.3 is 5.60 Å². The van der Waals surface area contributed by atoms with Crippen molar-refractivity contribution in [1.29, 1.82) is 0 Å². The van der Waals surface area contributed by atoms with E-state index in [1.165, 1.54) is 4.31 Å². The molecule has 0 fully saturated rings. The number of hydrogen-bond donors (Lipinski definition) is 0. The standard InChI is InChI=1S/C21H20NO3S/c1-17-9-11-19(12-10-17)26(23,24)22-15-5-13-21(14-6-16-25-21)20(22)18-7-3-2-4-8-18/h2-12,14,20H,15-16H2,1H3/q+1/t20-,21-/m0/s1. The van der Waals surface area contributed by atoms with Crippen molar-refractivity contribution in [3.05, 3.63) is 90.0 Å². The molecule has 0 amide bonds. The molecule has 0 unspecified atom stereocenters. The number of nitrogens with zero attached hydrogens (tertiary/aromatic N) is 1. The van der Waals surface area contributed by atoms with Gasteiger partial charge in [-0.2, -0.15) is 4.31 Å². The second-order valence-electron chi connectivity index (χ2n) is 6.56. The average molecular weight is 366 g/mol. The number of benzene rings is 2. The number of sulfonamides is 1. The van der Waals surface area contributed by atoms with Crippen LogP contribution in [0.3, 0.4) is 0 Å². The van der Waals surface area contributed by atoms with Crippen LogP contribution < -0.4 is 0 Å². The van der Waals surface area contributed by atoms with Gasteiger partial charge in [0.25, 0.3) is 6.08 Å². The van der Waals surface area contributed by atoms with Crippen LogP contribution in [0.2, 0.25) is 0 Å². The number of ether oxygens (including phenoxy) is 1. The summed E-state index contributed by atoms with van der Waals surface area (Å²) in [6, 6.07) is 16.1. The van der Waals surface area contributed by atoms with Crippen LogP contribution in [0, 0.1) is 13.0 Å².